The maximum Gasteiger partial charge on any atom is 0.234 e. The van der Waals surface area contributed by atoms with Crippen molar-refractivity contribution in [2.24, 2.45) is 0 Å². The average molecular weight is 321 g/mol. The van der Waals surface area contributed by atoms with Gasteiger partial charge in [-0.3, -0.25) is 4.79 Å². The number of hydrogen-bond acceptors (Lipinski definition) is 4. The molecule has 0 radical (unpaired) electrons. The summed E-state index contributed by atoms with van der Waals surface area (Å²) in [5.41, 5.74) is 1.32. The Kier molecular flexibility index (Phi) is 10.8. The molecule has 1 aromatic rings. The Morgan fingerprint density at radius 3 is 2.71 bits per heavy atom. The van der Waals surface area contributed by atoms with Gasteiger partial charge in [-0.1, -0.05) is 6.07 Å². The number of methoxy groups -OCH3 is 2. The smallest absolute Gasteiger partial charge is 0.234 e. The van der Waals surface area contributed by atoms with Crippen LogP contribution in [-0.2, 0) is 27.4 Å². The van der Waals surface area contributed by atoms with Crippen LogP contribution in [0.25, 0.3) is 0 Å². The number of carbonyl (C=O) groups is 1. The zero-order valence-electron chi connectivity index (χ0n) is 12.3. The van der Waals surface area contributed by atoms with Crippen molar-refractivity contribution in [1.29, 1.82) is 0 Å². The highest BCUT2D eigenvalue weighted by molar-refractivity contribution is 5.85. The van der Waals surface area contributed by atoms with Crippen LogP contribution in [0.1, 0.15) is 11.1 Å². The van der Waals surface area contributed by atoms with Crippen LogP contribution < -0.4 is 10.6 Å². The van der Waals surface area contributed by atoms with E-state index in [1.165, 1.54) is 13.2 Å². The van der Waals surface area contributed by atoms with Crippen molar-refractivity contribution < 1.29 is 18.7 Å². The third-order valence-corrected chi connectivity index (χ3v) is 2.67. The SMILES string of the molecule is COCCNCC(=O)NCc1ccc(F)c(COC)c1.Cl. The predicted molar refractivity (Wildman–Crippen MR) is 81.0 cm³/mol. The third kappa shape index (κ3) is 7.96. The summed E-state index contributed by atoms with van der Waals surface area (Å²) in [4.78, 5) is 11.5. The van der Waals surface area contributed by atoms with Crippen molar-refractivity contribution >= 4 is 18.3 Å². The van der Waals surface area contributed by atoms with Gasteiger partial charge in [-0.2, -0.15) is 0 Å². The molecule has 0 aromatic heterocycles. The van der Waals surface area contributed by atoms with Gasteiger partial charge in [0, 0.05) is 32.9 Å². The average Bonchev–Trinajstić information content (AvgIpc) is 2.45. The number of carbonyl (C=O) groups excluding carboxylic acids is 1. The highest BCUT2D eigenvalue weighted by Gasteiger charge is 2.05. The normalized spacial score (nSPS) is 10.0. The molecule has 7 heteroatoms. The van der Waals surface area contributed by atoms with Crippen LogP contribution in [-0.4, -0.2) is 39.8 Å². The molecular weight excluding hydrogens is 299 g/mol. The molecule has 5 nitrogen and oxygen atoms in total. The maximum absolute atomic E-state index is 13.4. The Morgan fingerprint density at radius 2 is 2.05 bits per heavy atom. The Morgan fingerprint density at radius 1 is 1.29 bits per heavy atom. The lowest BCUT2D eigenvalue weighted by atomic mass is 10.1. The molecular formula is C14H22ClFN2O3. The molecule has 0 bridgehead atoms. The predicted octanol–water partition coefficient (Wildman–Crippen LogP) is 1.25. The van der Waals surface area contributed by atoms with Crippen LogP contribution in [0.15, 0.2) is 18.2 Å². The topological polar surface area (TPSA) is 59.6 Å². The summed E-state index contributed by atoms with van der Waals surface area (Å²) in [6, 6.07) is 4.72. The van der Waals surface area contributed by atoms with Gasteiger partial charge in [0.05, 0.1) is 19.8 Å². The van der Waals surface area contributed by atoms with E-state index < -0.39 is 0 Å². The molecule has 0 aliphatic heterocycles. The van der Waals surface area contributed by atoms with Gasteiger partial charge in [-0.05, 0) is 17.7 Å². The number of hydrogen-bond donors (Lipinski definition) is 2. The van der Waals surface area contributed by atoms with E-state index >= 15 is 0 Å². The highest BCUT2D eigenvalue weighted by atomic mass is 35.5. The fourth-order valence-electron chi connectivity index (χ4n) is 1.64. The second kappa shape index (κ2) is 11.4. The summed E-state index contributed by atoms with van der Waals surface area (Å²) in [5.74, 6) is -0.415. The van der Waals surface area contributed by atoms with Crippen molar-refractivity contribution in [2.45, 2.75) is 13.2 Å². The minimum Gasteiger partial charge on any atom is -0.383 e. The van der Waals surface area contributed by atoms with E-state index in [2.05, 4.69) is 10.6 Å². The molecule has 21 heavy (non-hydrogen) atoms. The largest absolute Gasteiger partial charge is 0.383 e. The monoisotopic (exact) mass is 320 g/mol. The molecule has 0 unspecified atom stereocenters. The zero-order valence-corrected chi connectivity index (χ0v) is 13.1. The summed E-state index contributed by atoms with van der Waals surface area (Å²) < 4.78 is 23.2. The molecule has 0 saturated heterocycles. The number of halogens is 2. The minimum atomic E-state index is -0.303. The molecule has 0 saturated carbocycles. The summed E-state index contributed by atoms with van der Waals surface area (Å²) >= 11 is 0. The van der Waals surface area contributed by atoms with E-state index in [-0.39, 0.29) is 37.3 Å². The molecule has 0 spiro atoms. The second-order valence-electron chi connectivity index (χ2n) is 4.31. The standard InChI is InChI=1S/C14H21FN2O3.ClH/c1-19-6-5-16-9-14(18)17-8-11-3-4-13(15)12(7-11)10-20-2;/h3-4,7,16H,5-6,8-10H2,1-2H3,(H,17,18);1H. The number of benzene rings is 1. The van der Waals surface area contributed by atoms with Crippen LogP contribution >= 0.6 is 12.4 Å². The maximum atomic E-state index is 13.4. The van der Waals surface area contributed by atoms with Gasteiger partial charge in [0.15, 0.2) is 0 Å². The molecule has 1 rings (SSSR count). The first-order chi connectivity index (χ1) is 9.67. The lowest BCUT2D eigenvalue weighted by Crippen LogP contribution is -2.34. The first kappa shape index (κ1) is 19.8. The van der Waals surface area contributed by atoms with Gasteiger partial charge in [0.25, 0.3) is 0 Å². The van der Waals surface area contributed by atoms with Gasteiger partial charge in [-0.25, -0.2) is 4.39 Å². The summed E-state index contributed by atoms with van der Waals surface area (Å²) in [7, 11) is 3.12. The molecule has 0 fully saturated rings. The van der Waals surface area contributed by atoms with Gasteiger partial charge in [0.1, 0.15) is 5.82 Å². The zero-order chi connectivity index (χ0) is 14.8. The Labute approximate surface area is 130 Å². The van der Waals surface area contributed by atoms with Crippen molar-refractivity contribution in [2.75, 3.05) is 33.9 Å². The molecule has 1 amide bonds. The highest BCUT2D eigenvalue weighted by Crippen LogP contribution is 2.11. The fourth-order valence-corrected chi connectivity index (χ4v) is 1.64. The Hall–Kier alpha value is -1.21. The van der Waals surface area contributed by atoms with Gasteiger partial charge in [0.2, 0.25) is 5.91 Å². The Bertz CT molecular complexity index is 433. The molecule has 1 aromatic carbocycles. The number of ether oxygens (including phenoxy) is 2. The molecule has 0 aliphatic carbocycles. The van der Waals surface area contributed by atoms with E-state index in [1.807, 2.05) is 0 Å². The van der Waals surface area contributed by atoms with E-state index in [1.54, 1.807) is 19.2 Å². The van der Waals surface area contributed by atoms with Crippen LogP contribution in [0.2, 0.25) is 0 Å². The van der Waals surface area contributed by atoms with Crippen LogP contribution in [0.5, 0.6) is 0 Å². The molecule has 2 N–H and O–H groups in total. The van der Waals surface area contributed by atoms with Gasteiger partial charge < -0.3 is 20.1 Å². The van der Waals surface area contributed by atoms with E-state index in [9.17, 15) is 9.18 Å². The summed E-state index contributed by atoms with van der Waals surface area (Å²) in [6.45, 7) is 1.99. The van der Waals surface area contributed by atoms with Gasteiger partial charge in [-0.15, -0.1) is 12.4 Å². The molecule has 120 valence electrons. The number of nitrogens with one attached hydrogen (secondary N) is 2. The number of amides is 1. The third-order valence-electron chi connectivity index (χ3n) is 2.67. The van der Waals surface area contributed by atoms with Crippen molar-refractivity contribution in [3.8, 4) is 0 Å². The fraction of sp³-hybridized carbons (Fsp3) is 0.500. The van der Waals surface area contributed by atoms with Gasteiger partial charge >= 0.3 is 0 Å². The lowest BCUT2D eigenvalue weighted by Gasteiger charge is -2.08. The van der Waals surface area contributed by atoms with E-state index in [0.29, 0.717) is 25.3 Å². The lowest BCUT2D eigenvalue weighted by molar-refractivity contribution is -0.120. The molecule has 0 aliphatic rings. The van der Waals surface area contributed by atoms with Crippen LogP contribution in [0, 0.1) is 5.82 Å². The second-order valence-corrected chi connectivity index (χ2v) is 4.31. The number of rotatable bonds is 9. The summed E-state index contributed by atoms with van der Waals surface area (Å²) in [5, 5.41) is 5.71. The first-order valence-electron chi connectivity index (χ1n) is 6.40. The van der Waals surface area contributed by atoms with E-state index in [4.69, 9.17) is 9.47 Å². The van der Waals surface area contributed by atoms with Crippen LogP contribution in [0.4, 0.5) is 4.39 Å². The van der Waals surface area contributed by atoms with Crippen molar-refractivity contribution in [3.05, 3.63) is 35.1 Å². The van der Waals surface area contributed by atoms with E-state index in [0.717, 1.165) is 5.56 Å². The Balaban J connectivity index is 0.00000400. The molecule has 0 heterocycles. The summed E-state index contributed by atoms with van der Waals surface area (Å²) in [6.07, 6.45) is 0. The first-order valence-corrected chi connectivity index (χ1v) is 6.40. The van der Waals surface area contributed by atoms with Crippen molar-refractivity contribution in [1.82, 2.24) is 10.6 Å². The molecule has 0 atom stereocenters. The minimum absolute atomic E-state index is 0. The van der Waals surface area contributed by atoms with Crippen LogP contribution in [0.3, 0.4) is 0 Å². The van der Waals surface area contributed by atoms with Crippen molar-refractivity contribution in [3.63, 3.8) is 0 Å². The quantitative estimate of drug-likeness (QED) is 0.672.